The topological polar surface area (TPSA) is 79.8 Å². The molecule has 1 aliphatic heterocycles. The van der Waals surface area contributed by atoms with Crippen LogP contribution >= 0.6 is 23.2 Å². The Hall–Kier alpha value is -3.30. The Kier molecular flexibility index (Phi) is 8.42. The van der Waals surface area contributed by atoms with Gasteiger partial charge in [0.05, 0.1) is 12.3 Å². The molecule has 39 heavy (non-hydrogen) atoms. The zero-order valence-electron chi connectivity index (χ0n) is 21.2. The number of rotatable bonds is 8. The number of amides is 2. The van der Waals surface area contributed by atoms with Crippen molar-refractivity contribution in [2.75, 3.05) is 6.54 Å². The Morgan fingerprint density at radius 1 is 1.03 bits per heavy atom. The van der Waals surface area contributed by atoms with Gasteiger partial charge in [-0.25, -0.2) is 0 Å². The molecule has 4 rings (SSSR count). The number of nitrogens with one attached hydrogen (secondary N) is 2. The molecule has 1 heterocycles. The normalized spacial score (nSPS) is 17.2. The fourth-order valence-corrected chi connectivity index (χ4v) is 5.14. The number of hydrogen-bond acceptors (Lipinski definition) is 4. The highest BCUT2D eigenvalue weighted by Gasteiger charge is 2.62. The van der Waals surface area contributed by atoms with Gasteiger partial charge in [0.1, 0.15) is 0 Å². The molecule has 1 unspecified atom stereocenters. The van der Waals surface area contributed by atoms with Gasteiger partial charge in [-0.15, -0.1) is 0 Å². The summed E-state index contributed by atoms with van der Waals surface area (Å²) < 4.78 is 43.3. The fourth-order valence-electron chi connectivity index (χ4n) is 4.61. The molecule has 2 amide bonds. The number of oxime groups is 1. The van der Waals surface area contributed by atoms with Gasteiger partial charge < -0.3 is 15.5 Å². The average molecular weight is 580 g/mol. The molecule has 3 aromatic rings. The van der Waals surface area contributed by atoms with Gasteiger partial charge in [-0.1, -0.05) is 72.5 Å². The summed E-state index contributed by atoms with van der Waals surface area (Å²) in [5.41, 5.74) is -2.34. The SMILES string of the molecule is CCC(CC)NC(=O)CNC(=O)c1ccc(C2=NOC(c3cc(Cl)cc(Cl)c3)(C(F)(F)F)C2)c2ccccc12. The molecule has 0 aliphatic carbocycles. The molecule has 0 bridgehead atoms. The molecule has 6 nitrogen and oxygen atoms in total. The van der Waals surface area contributed by atoms with Crippen molar-refractivity contribution in [3.8, 4) is 0 Å². The number of benzene rings is 3. The van der Waals surface area contributed by atoms with Crippen LogP contribution in [-0.2, 0) is 15.2 Å². The third-order valence-electron chi connectivity index (χ3n) is 6.75. The lowest BCUT2D eigenvalue weighted by Gasteiger charge is -2.29. The van der Waals surface area contributed by atoms with E-state index >= 15 is 0 Å². The number of hydrogen-bond donors (Lipinski definition) is 2. The first-order chi connectivity index (χ1) is 18.5. The van der Waals surface area contributed by atoms with Crippen LogP contribution in [-0.4, -0.2) is 36.3 Å². The third-order valence-corrected chi connectivity index (χ3v) is 7.19. The number of alkyl halides is 3. The molecule has 206 valence electrons. The zero-order chi connectivity index (χ0) is 28.4. The van der Waals surface area contributed by atoms with E-state index in [-0.39, 0.29) is 45.4 Å². The van der Waals surface area contributed by atoms with Crippen molar-refractivity contribution in [1.82, 2.24) is 10.6 Å². The van der Waals surface area contributed by atoms with Crippen LogP contribution in [0.2, 0.25) is 10.0 Å². The number of carbonyl (C=O) groups excluding carboxylic acids is 2. The standard InChI is InChI=1S/C28H26Cl2F3N3O3/c1-3-19(4-2)35-25(37)15-34-26(38)23-10-9-22(20-7-5-6-8-21(20)23)24-14-27(39-36-24,28(31,32)33)16-11-17(29)13-18(30)12-16/h5-13,19H,3-4,14-15H2,1-2H3,(H,34,38)(H,35,37). The van der Waals surface area contributed by atoms with Crippen LogP contribution in [0.1, 0.15) is 54.6 Å². The van der Waals surface area contributed by atoms with E-state index in [1.807, 2.05) is 13.8 Å². The van der Waals surface area contributed by atoms with E-state index in [0.29, 0.717) is 16.3 Å². The molecule has 2 N–H and O–H groups in total. The van der Waals surface area contributed by atoms with Crippen LogP contribution < -0.4 is 10.6 Å². The molecular weight excluding hydrogens is 554 g/mol. The number of nitrogens with zero attached hydrogens (tertiary/aromatic N) is 1. The van der Waals surface area contributed by atoms with Crippen LogP contribution in [0.15, 0.2) is 59.8 Å². The average Bonchev–Trinajstić information content (AvgIpc) is 3.36. The zero-order valence-corrected chi connectivity index (χ0v) is 22.7. The lowest BCUT2D eigenvalue weighted by molar-refractivity contribution is -0.275. The van der Waals surface area contributed by atoms with E-state index in [9.17, 15) is 22.8 Å². The highest BCUT2D eigenvalue weighted by Crippen LogP contribution is 2.50. The summed E-state index contributed by atoms with van der Waals surface area (Å²) in [5.74, 6) is -0.791. The van der Waals surface area contributed by atoms with Crippen molar-refractivity contribution < 1.29 is 27.6 Å². The first kappa shape index (κ1) is 28.7. The van der Waals surface area contributed by atoms with Crippen LogP contribution in [0, 0.1) is 0 Å². The van der Waals surface area contributed by atoms with E-state index in [4.69, 9.17) is 28.0 Å². The summed E-state index contributed by atoms with van der Waals surface area (Å²) in [7, 11) is 0. The maximum Gasteiger partial charge on any atom is 0.435 e. The highest BCUT2D eigenvalue weighted by molar-refractivity contribution is 6.34. The quantitative estimate of drug-likeness (QED) is 0.309. The van der Waals surface area contributed by atoms with E-state index in [1.54, 1.807) is 24.3 Å². The highest BCUT2D eigenvalue weighted by atomic mass is 35.5. The van der Waals surface area contributed by atoms with Gasteiger partial charge in [0.25, 0.3) is 11.5 Å². The van der Waals surface area contributed by atoms with Crippen LogP contribution in [0.25, 0.3) is 10.8 Å². The molecular formula is C28H26Cl2F3N3O3. The molecule has 0 saturated heterocycles. The van der Waals surface area contributed by atoms with Gasteiger partial charge in [0.15, 0.2) is 0 Å². The van der Waals surface area contributed by atoms with E-state index < -0.39 is 24.1 Å². The molecule has 0 saturated carbocycles. The van der Waals surface area contributed by atoms with Crippen LogP contribution in [0.5, 0.6) is 0 Å². The minimum atomic E-state index is -4.84. The number of fused-ring (bicyclic) bond motifs is 1. The van der Waals surface area contributed by atoms with E-state index in [1.165, 1.54) is 18.2 Å². The minimum Gasteiger partial charge on any atom is -0.374 e. The molecule has 0 aromatic heterocycles. The Labute approximate surface area is 233 Å². The van der Waals surface area contributed by atoms with Gasteiger partial charge in [0, 0.05) is 39.2 Å². The number of halogens is 5. The Morgan fingerprint density at radius 3 is 2.28 bits per heavy atom. The van der Waals surface area contributed by atoms with Crippen molar-refractivity contribution in [1.29, 1.82) is 0 Å². The molecule has 3 aromatic carbocycles. The smallest absolute Gasteiger partial charge is 0.374 e. The predicted molar refractivity (Wildman–Crippen MR) is 145 cm³/mol. The number of carbonyl (C=O) groups is 2. The minimum absolute atomic E-state index is 0.0238. The van der Waals surface area contributed by atoms with Gasteiger partial charge >= 0.3 is 6.18 Å². The lowest BCUT2D eigenvalue weighted by Crippen LogP contribution is -2.42. The molecule has 0 fully saturated rings. The van der Waals surface area contributed by atoms with Crippen molar-refractivity contribution in [3.05, 3.63) is 81.3 Å². The summed E-state index contributed by atoms with van der Waals surface area (Å²) in [6, 6.07) is 13.5. The monoisotopic (exact) mass is 579 g/mol. The Morgan fingerprint density at radius 2 is 1.67 bits per heavy atom. The van der Waals surface area contributed by atoms with Crippen molar-refractivity contribution in [3.63, 3.8) is 0 Å². The van der Waals surface area contributed by atoms with E-state index in [2.05, 4.69) is 15.8 Å². The van der Waals surface area contributed by atoms with Crippen molar-refractivity contribution in [2.24, 2.45) is 5.16 Å². The van der Waals surface area contributed by atoms with Gasteiger partial charge in [-0.2, -0.15) is 13.2 Å². The maximum atomic E-state index is 14.4. The van der Waals surface area contributed by atoms with Crippen molar-refractivity contribution >= 4 is 51.5 Å². The largest absolute Gasteiger partial charge is 0.435 e. The summed E-state index contributed by atoms with van der Waals surface area (Å²) in [4.78, 5) is 30.4. The molecule has 0 spiro atoms. The van der Waals surface area contributed by atoms with Crippen molar-refractivity contribution in [2.45, 2.75) is 50.9 Å². The summed E-state index contributed by atoms with van der Waals surface area (Å²) in [6.07, 6.45) is -3.92. The molecule has 11 heteroatoms. The molecule has 1 aliphatic rings. The van der Waals surface area contributed by atoms with Gasteiger partial charge in [0.2, 0.25) is 5.91 Å². The second-order valence-electron chi connectivity index (χ2n) is 9.26. The molecule has 0 radical (unpaired) electrons. The fraction of sp³-hybridized carbons (Fsp3) is 0.321. The third kappa shape index (κ3) is 5.84. The first-order valence-corrected chi connectivity index (χ1v) is 13.1. The first-order valence-electron chi connectivity index (χ1n) is 12.4. The Balaban J connectivity index is 1.63. The summed E-state index contributed by atoms with van der Waals surface area (Å²) in [6.45, 7) is 3.72. The van der Waals surface area contributed by atoms with Gasteiger partial charge in [-0.05, 0) is 47.9 Å². The maximum absolute atomic E-state index is 14.4. The van der Waals surface area contributed by atoms with Gasteiger partial charge in [-0.3, -0.25) is 9.59 Å². The van der Waals surface area contributed by atoms with Crippen LogP contribution in [0.3, 0.4) is 0 Å². The summed E-state index contributed by atoms with van der Waals surface area (Å²) in [5, 5.41) is 10.4. The molecule has 1 atom stereocenters. The second kappa shape index (κ2) is 11.4. The lowest BCUT2D eigenvalue weighted by atomic mass is 9.85. The van der Waals surface area contributed by atoms with Crippen LogP contribution in [0.4, 0.5) is 13.2 Å². The second-order valence-corrected chi connectivity index (χ2v) is 10.1. The predicted octanol–water partition coefficient (Wildman–Crippen LogP) is 6.76. The van der Waals surface area contributed by atoms with E-state index in [0.717, 1.165) is 25.0 Å². The summed E-state index contributed by atoms with van der Waals surface area (Å²) >= 11 is 12.0. The Bertz CT molecular complexity index is 1420.